The molecule has 548 valence electrons. The van der Waals surface area contributed by atoms with Gasteiger partial charge in [0.2, 0.25) is 0 Å². The average molecular weight is 1390 g/mol. The summed E-state index contributed by atoms with van der Waals surface area (Å²) in [7, 11) is 0. The molecule has 0 aromatic rings. The number of aliphatic imine (C=N–C) groups is 2. The van der Waals surface area contributed by atoms with Crippen molar-refractivity contribution in [3.05, 3.63) is 0 Å². The van der Waals surface area contributed by atoms with Crippen molar-refractivity contribution >= 4 is 84.6 Å². The zero-order valence-corrected chi connectivity index (χ0v) is 55.0. The van der Waals surface area contributed by atoms with Crippen molar-refractivity contribution in [2.75, 3.05) is 131 Å². The molecular formula is C61H97N9O27. The summed E-state index contributed by atoms with van der Waals surface area (Å²) in [4.78, 5) is 154. The van der Waals surface area contributed by atoms with Crippen LogP contribution in [0.1, 0.15) is 91.4 Å². The number of hydrogen-bond donors (Lipinski definition) is 13. The second-order valence-corrected chi connectivity index (χ2v) is 26.4. The van der Waals surface area contributed by atoms with Crippen LogP contribution in [0.3, 0.4) is 0 Å². The highest BCUT2D eigenvalue weighted by molar-refractivity contribution is 5.76. The van der Waals surface area contributed by atoms with Crippen molar-refractivity contribution in [3.8, 4) is 0 Å². The lowest BCUT2D eigenvalue weighted by atomic mass is 9.44. The molecule has 1 aliphatic heterocycles. The molecule has 4 saturated carbocycles. The van der Waals surface area contributed by atoms with E-state index in [-0.39, 0.29) is 83.4 Å². The first-order valence-electron chi connectivity index (χ1n) is 32.3. The molecule has 0 spiro atoms. The Bertz CT molecular complexity index is 2510. The van der Waals surface area contributed by atoms with Gasteiger partial charge in [0.1, 0.15) is 12.1 Å². The lowest BCUT2D eigenvalue weighted by Crippen LogP contribution is -2.58. The first-order chi connectivity index (χ1) is 45.5. The summed E-state index contributed by atoms with van der Waals surface area (Å²) in [6, 6.07) is -3.19. The molecule has 13 N–H and O–H groups in total. The molecule has 0 bridgehead atoms. The first kappa shape index (κ1) is 81.5. The van der Waals surface area contributed by atoms with Crippen LogP contribution >= 0.6 is 0 Å². The van der Waals surface area contributed by atoms with E-state index in [0.717, 1.165) is 62.0 Å². The third-order valence-corrected chi connectivity index (χ3v) is 20.1. The highest BCUT2D eigenvalue weighted by Gasteiger charge is 2.63. The number of rotatable bonds is 44. The van der Waals surface area contributed by atoms with Crippen molar-refractivity contribution < 1.29 is 133 Å². The second kappa shape index (κ2) is 38.9. The van der Waals surface area contributed by atoms with Crippen LogP contribution in [0.4, 0.5) is 4.79 Å². The highest BCUT2D eigenvalue weighted by atomic mass is 16.5. The fraction of sp³-hybridized carbons (Fsp3) is 0.770. The summed E-state index contributed by atoms with van der Waals surface area (Å²) >= 11 is 0. The van der Waals surface area contributed by atoms with E-state index in [1.807, 2.05) is 0 Å². The number of aliphatic hydroxyl groups excluding tert-OH is 1. The third-order valence-electron chi connectivity index (χ3n) is 20.1. The quantitative estimate of drug-likeness (QED) is 0.0275. The third kappa shape index (κ3) is 25.8. The van der Waals surface area contributed by atoms with Gasteiger partial charge in [-0.2, -0.15) is 0 Å². The van der Waals surface area contributed by atoms with E-state index >= 15 is 0 Å². The largest absolute Gasteiger partial charge is 0.481 e. The number of carbonyl (C=O) groups is 12. The van der Waals surface area contributed by atoms with Crippen molar-refractivity contribution in [1.29, 1.82) is 0 Å². The monoisotopic (exact) mass is 1390 g/mol. The number of aliphatic carboxylic acids is 11. The van der Waals surface area contributed by atoms with Gasteiger partial charge in [-0.05, 0) is 97.7 Å². The summed E-state index contributed by atoms with van der Waals surface area (Å²) < 4.78 is 11.2. The Morgan fingerprint density at radius 2 is 0.876 bits per heavy atom. The van der Waals surface area contributed by atoms with Crippen LogP contribution in [0.2, 0.25) is 0 Å². The van der Waals surface area contributed by atoms with Gasteiger partial charge in [0.05, 0.1) is 84.6 Å². The van der Waals surface area contributed by atoms with E-state index in [1.165, 1.54) is 61.2 Å². The smallest absolute Gasteiger partial charge is 0.407 e. The molecule has 1 saturated heterocycles. The number of aliphatic hydroxyl groups is 1. The molecule has 1 heterocycles. The fourth-order valence-electron chi connectivity index (χ4n) is 15.5. The summed E-state index contributed by atoms with van der Waals surface area (Å²) in [5, 5.41) is 125. The molecule has 36 heteroatoms. The Morgan fingerprint density at radius 3 is 1.22 bits per heavy atom. The van der Waals surface area contributed by atoms with Crippen LogP contribution in [0.5, 0.6) is 0 Å². The zero-order valence-electron chi connectivity index (χ0n) is 55.0. The lowest BCUT2D eigenvalue weighted by Gasteiger charge is -2.62. The number of carboxylic acid groups (broad SMARTS) is 12. The molecule has 9 unspecified atom stereocenters. The number of nitrogens with zero attached hydrogens (tertiary/aromatic N) is 9. The Kier molecular flexibility index (Phi) is 32.7. The van der Waals surface area contributed by atoms with Gasteiger partial charge in [-0.3, -0.25) is 92.1 Å². The lowest BCUT2D eigenvalue weighted by molar-refractivity contribution is -0.168. The number of amides is 1. The van der Waals surface area contributed by atoms with E-state index < -0.39 is 161 Å². The molecule has 0 aromatic carbocycles. The van der Waals surface area contributed by atoms with Gasteiger partial charge in [0.15, 0.2) is 25.0 Å². The Morgan fingerprint density at radius 1 is 0.495 bits per heavy atom. The minimum absolute atomic E-state index is 0.00303. The summed E-state index contributed by atoms with van der Waals surface area (Å²) in [6.07, 6.45) is 10.4. The van der Waals surface area contributed by atoms with Gasteiger partial charge >= 0.3 is 71.8 Å². The Hall–Kier alpha value is -7.90. The van der Waals surface area contributed by atoms with Crippen molar-refractivity contribution in [1.82, 2.24) is 34.3 Å². The van der Waals surface area contributed by atoms with E-state index in [0.29, 0.717) is 29.1 Å². The van der Waals surface area contributed by atoms with Crippen molar-refractivity contribution in [3.63, 3.8) is 0 Å². The zero-order chi connectivity index (χ0) is 72.5. The second-order valence-electron chi connectivity index (χ2n) is 26.4. The molecule has 13 atom stereocenters. The van der Waals surface area contributed by atoms with Crippen molar-refractivity contribution in [2.24, 2.45) is 56.3 Å². The van der Waals surface area contributed by atoms with Crippen LogP contribution in [0.25, 0.3) is 0 Å². The molecule has 0 aromatic heterocycles. The molecule has 5 aliphatic rings. The van der Waals surface area contributed by atoms with Crippen LogP contribution in [0.15, 0.2) is 9.98 Å². The van der Waals surface area contributed by atoms with E-state index in [9.17, 15) is 119 Å². The molecular weight excluding hydrogens is 1290 g/mol. The van der Waals surface area contributed by atoms with Crippen LogP contribution < -0.4 is 0 Å². The normalized spacial score (nSPS) is 25.4. The fourth-order valence-corrected chi connectivity index (χ4v) is 15.5. The number of carboxylic acids is 11. The first-order valence-corrected chi connectivity index (χ1v) is 32.3. The molecule has 97 heavy (non-hydrogen) atoms. The van der Waals surface area contributed by atoms with E-state index in [4.69, 9.17) is 14.6 Å². The Balaban J connectivity index is 0.000000604. The minimum Gasteiger partial charge on any atom is -0.481 e. The van der Waals surface area contributed by atoms with Gasteiger partial charge < -0.3 is 80.8 Å². The van der Waals surface area contributed by atoms with E-state index in [1.54, 1.807) is 0 Å². The van der Waals surface area contributed by atoms with Gasteiger partial charge in [-0.1, -0.05) is 33.6 Å². The summed E-state index contributed by atoms with van der Waals surface area (Å²) in [6.45, 7) is -3.56. The minimum atomic E-state index is -1.59. The number of ether oxygens (including phenoxy) is 2. The Labute approximate surface area is 559 Å². The molecule has 5 rings (SSSR count). The summed E-state index contributed by atoms with van der Waals surface area (Å²) in [5.74, 6) is -11.1. The number of hydrogen-bond acceptors (Lipinski definition) is 23. The molecule has 36 nitrogen and oxygen atoms in total. The maximum atomic E-state index is 12.5. The highest BCUT2D eigenvalue weighted by Crippen LogP contribution is 2.68. The van der Waals surface area contributed by atoms with Crippen LogP contribution in [-0.4, -0.2) is 347 Å². The van der Waals surface area contributed by atoms with Crippen LogP contribution in [-0.2, 0) is 62.2 Å². The maximum Gasteiger partial charge on any atom is 0.407 e. The average Bonchev–Trinajstić information content (AvgIpc) is 1.68. The predicted octanol–water partition coefficient (Wildman–Crippen LogP) is -0.291. The predicted molar refractivity (Wildman–Crippen MR) is 336 cm³/mol. The van der Waals surface area contributed by atoms with Crippen LogP contribution in [0, 0.1) is 46.3 Å². The molecule has 1 amide bonds. The standard InChI is InChI=1S/C37H57N9O24.C24H40O3/c47-27(48)13-40(14-28(49)50)1-5-44(6-2-41(15-29(51)52)16-30(53)54)23(35(63)64)9-38-21-69-25-11-46(37(67)68)12-26(25)70-22-39-10-24(36(65)66)45(7-3-42(17-31(55)56)18-32(57)58)8-4-43(19-33(59)60)20-34(61)62;1-15(7-12-22(26)27)18-10-11-19-17-9-8-16-6-4-5-13-23(16,2)20(17)14-21(25)24(18,19)3/h21-26H,1-20H2,(H,47,48)(H,49,50)(H,51,52)(H,53,54)(H,55,56)(H,57,58)(H,59,60)(H,61,62)(H,63,64)(H,65,66)(H,67,68);15-21,25H,4-14H2,1-3H3,(H,26,27)/t;15?,16-,17?,18+,19?,20?,21?,23-,24+/m.0/s1. The van der Waals surface area contributed by atoms with Gasteiger partial charge in [-0.15, -0.1) is 0 Å². The van der Waals surface area contributed by atoms with E-state index in [2.05, 4.69) is 30.8 Å². The van der Waals surface area contributed by atoms with Crippen molar-refractivity contribution in [2.45, 2.75) is 122 Å². The number of fused-ring (bicyclic) bond motifs is 5. The van der Waals surface area contributed by atoms with Gasteiger partial charge in [0, 0.05) is 58.8 Å². The molecule has 4 aliphatic carbocycles. The SMILES string of the molecule is CC(CCC(=O)O)[C@H]1CCC2C3CC[C@@H]4CCCC[C@]4(C)C3CC(O)[C@@]21C.O=C(O)CN(CCN(CCN(CC(=O)O)CC(=O)O)C(CN=COC1CN(C(=O)O)CC1OC=NCC(C(=O)O)N(CCN(CC(=O)O)CC(=O)O)CCN(CC(=O)O)CC(=O)O)C(=O)O)CC(=O)O. The van der Waals surface area contributed by atoms with Gasteiger partial charge in [-0.25, -0.2) is 4.79 Å². The molecule has 5 fully saturated rings. The van der Waals surface area contributed by atoms with Gasteiger partial charge in [0.25, 0.3) is 0 Å². The molecule has 0 radical (unpaired) electrons. The topological polar surface area (TPSA) is 534 Å². The summed E-state index contributed by atoms with van der Waals surface area (Å²) in [5.41, 5.74) is 0.452. The maximum absolute atomic E-state index is 12.5. The number of likely N-dealkylation sites (tertiary alicyclic amines) is 1.